The molecule has 3 nitrogen and oxygen atoms in total. The predicted octanol–water partition coefficient (Wildman–Crippen LogP) is 2.16. The summed E-state index contributed by atoms with van der Waals surface area (Å²) in [4.78, 5) is 0. The van der Waals surface area contributed by atoms with Crippen molar-refractivity contribution in [3.63, 3.8) is 0 Å². The van der Waals surface area contributed by atoms with Gasteiger partial charge in [-0.3, -0.25) is 10.0 Å². The second-order valence-corrected chi connectivity index (χ2v) is 3.65. The molecular weight excluding hydrogens is 174 g/mol. The summed E-state index contributed by atoms with van der Waals surface area (Å²) >= 11 is 0. The summed E-state index contributed by atoms with van der Waals surface area (Å²) < 4.78 is 0. The second kappa shape index (κ2) is 3.88. The van der Waals surface area contributed by atoms with E-state index in [2.05, 4.69) is 46.7 Å². The van der Waals surface area contributed by atoms with E-state index in [-0.39, 0.29) is 0 Å². The topological polar surface area (TPSA) is 18.5 Å². The zero-order chi connectivity index (χ0) is 9.97. The number of nitrogens with one attached hydrogen (secondary N) is 1. The van der Waals surface area contributed by atoms with Gasteiger partial charge in [0.15, 0.2) is 0 Å². The molecule has 2 rings (SSSR count). The Morgan fingerprint density at radius 1 is 1.21 bits per heavy atom. The molecule has 0 aliphatic carbocycles. The van der Waals surface area contributed by atoms with Gasteiger partial charge in [0, 0.05) is 13.6 Å². The van der Waals surface area contributed by atoms with Gasteiger partial charge in [-0.05, 0) is 18.6 Å². The van der Waals surface area contributed by atoms with Crippen molar-refractivity contribution < 1.29 is 0 Å². The number of fused-ring (bicyclic) bond motifs is 1. The molecular formula is C11H17N3. The summed E-state index contributed by atoms with van der Waals surface area (Å²) in [5.41, 5.74) is 5.86. The van der Waals surface area contributed by atoms with E-state index in [1.807, 2.05) is 7.05 Å². The monoisotopic (exact) mass is 191 g/mol. The minimum atomic E-state index is 1.07. The molecule has 1 aromatic rings. The molecule has 1 N–H and O–H groups in total. The first-order chi connectivity index (χ1) is 6.83. The molecule has 0 fully saturated rings. The number of rotatable bonds is 3. The highest BCUT2D eigenvalue weighted by Gasteiger charge is 2.21. The summed E-state index contributed by atoms with van der Waals surface area (Å²) in [7, 11) is 2.05. The first-order valence-electron chi connectivity index (χ1n) is 5.19. The molecule has 1 aliphatic heterocycles. The van der Waals surface area contributed by atoms with Crippen LogP contribution in [0.4, 0.5) is 11.4 Å². The van der Waals surface area contributed by atoms with Gasteiger partial charge < -0.3 is 0 Å². The molecule has 0 amide bonds. The van der Waals surface area contributed by atoms with Crippen LogP contribution in [0.15, 0.2) is 24.3 Å². The zero-order valence-electron chi connectivity index (χ0n) is 8.83. The van der Waals surface area contributed by atoms with Gasteiger partial charge in [0.1, 0.15) is 0 Å². The van der Waals surface area contributed by atoms with Gasteiger partial charge in [-0.2, -0.15) is 0 Å². The van der Waals surface area contributed by atoms with Crippen LogP contribution >= 0.6 is 0 Å². The fourth-order valence-corrected chi connectivity index (χ4v) is 1.75. The Labute approximate surface area is 85.3 Å². The van der Waals surface area contributed by atoms with Gasteiger partial charge in [-0.1, -0.05) is 25.5 Å². The molecule has 0 atom stereocenters. The van der Waals surface area contributed by atoms with E-state index in [9.17, 15) is 0 Å². The van der Waals surface area contributed by atoms with Crippen LogP contribution in [0.2, 0.25) is 0 Å². The number of unbranched alkanes of at least 4 members (excludes halogenated alkanes) is 1. The fourth-order valence-electron chi connectivity index (χ4n) is 1.75. The Kier molecular flexibility index (Phi) is 2.59. The van der Waals surface area contributed by atoms with Crippen LogP contribution in [0.25, 0.3) is 0 Å². The lowest BCUT2D eigenvalue weighted by Crippen LogP contribution is -2.42. The lowest BCUT2D eigenvalue weighted by Gasteiger charge is -2.19. The summed E-state index contributed by atoms with van der Waals surface area (Å²) in [5.74, 6) is 0. The van der Waals surface area contributed by atoms with E-state index in [4.69, 9.17) is 0 Å². The maximum absolute atomic E-state index is 3.32. The van der Waals surface area contributed by atoms with E-state index in [1.54, 1.807) is 0 Å². The summed E-state index contributed by atoms with van der Waals surface area (Å²) in [6.07, 6.45) is 2.44. The number of hydrogen-bond acceptors (Lipinski definition) is 3. The van der Waals surface area contributed by atoms with Crippen LogP contribution in [-0.4, -0.2) is 13.6 Å². The maximum Gasteiger partial charge on any atom is 0.0785 e. The molecule has 76 valence electrons. The number of anilines is 2. The summed E-state index contributed by atoms with van der Waals surface area (Å²) in [5, 5.41) is 4.27. The van der Waals surface area contributed by atoms with Crippen LogP contribution in [0.5, 0.6) is 0 Å². The van der Waals surface area contributed by atoms with E-state index in [0.29, 0.717) is 0 Å². The van der Waals surface area contributed by atoms with Crippen molar-refractivity contribution in [1.29, 1.82) is 0 Å². The number of benzene rings is 1. The molecule has 0 saturated heterocycles. The molecule has 0 aromatic heterocycles. The summed E-state index contributed by atoms with van der Waals surface area (Å²) in [6.45, 7) is 3.28. The lowest BCUT2D eigenvalue weighted by atomic mass is 10.2. The van der Waals surface area contributed by atoms with Gasteiger partial charge in [0.2, 0.25) is 0 Å². The van der Waals surface area contributed by atoms with E-state index < -0.39 is 0 Å². The van der Waals surface area contributed by atoms with Gasteiger partial charge in [-0.25, -0.2) is 0 Å². The van der Waals surface area contributed by atoms with Gasteiger partial charge in [0.25, 0.3) is 0 Å². The largest absolute Gasteiger partial charge is 0.292 e. The number of nitrogens with zero attached hydrogens (tertiary/aromatic N) is 2. The van der Waals surface area contributed by atoms with Crippen LogP contribution in [0, 0.1) is 0 Å². The Morgan fingerprint density at radius 2 is 1.93 bits per heavy atom. The van der Waals surface area contributed by atoms with E-state index in [1.165, 1.54) is 24.2 Å². The second-order valence-electron chi connectivity index (χ2n) is 3.65. The van der Waals surface area contributed by atoms with E-state index >= 15 is 0 Å². The van der Waals surface area contributed by atoms with Crippen LogP contribution < -0.4 is 15.6 Å². The Hall–Kier alpha value is -1.22. The highest BCUT2D eigenvalue weighted by atomic mass is 15.8. The average Bonchev–Trinajstić information content (AvgIpc) is 2.54. The third kappa shape index (κ3) is 1.55. The molecule has 0 saturated carbocycles. The summed E-state index contributed by atoms with van der Waals surface area (Å²) in [6, 6.07) is 8.44. The highest BCUT2D eigenvalue weighted by molar-refractivity contribution is 5.73. The lowest BCUT2D eigenvalue weighted by molar-refractivity contribution is 0.623. The quantitative estimate of drug-likeness (QED) is 0.790. The Balaban J connectivity index is 2.17. The van der Waals surface area contributed by atoms with Crippen molar-refractivity contribution in [3.05, 3.63) is 24.3 Å². The van der Waals surface area contributed by atoms with Crippen molar-refractivity contribution in [3.8, 4) is 0 Å². The van der Waals surface area contributed by atoms with Crippen molar-refractivity contribution in [2.45, 2.75) is 19.8 Å². The van der Waals surface area contributed by atoms with E-state index in [0.717, 1.165) is 6.54 Å². The maximum atomic E-state index is 3.32. The van der Waals surface area contributed by atoms with Crippen LogP contribution in [0.3, 0.4) is 0 Å². The minimum absolute atomic E-state index is 1.07. The number of hydrazine groups is 2. The Bertz CT molecular complexity index is 311. The first kappa shape index (κ1) is 9.34. The highest BCUT2D eigenvalue weighted by Crippen LogP contribution is 2.31. The van der Waals surface area contributed by atoms with Crippen molar-refractivity contribution >= 4 is 11.4 Å². The van der Waals surface area contributed by atoms with Gasteiger partial charge in [0.05, 0.1) is 11.4 Å². The van der Waals surface area contributed by atoms with Crippen molar-refractivity contribution in [1.82, 2.24) is 5.53 Å². The van der Waals surface area contributed by atoms with Gasteiger partial charge >= 0.3 is 0 Å². The molecule has 1 aliphatic rings. The third-order valence-corrected chi connectivity index (χ3v) is 2.54. The fraction of sp³-hybridized carbons (Fsp3) is 0.455. The Morgan fingerprint density at radius 3 is 2.64 bits per heavy atom. The smallest absolute Gasteiger partial charge is 0.0785 e. The molecule has 1 aromatic carbocycles. The minimum Gasteiger partial charge on any atom is -0.292 e. The average molecular weight is 191 g/mol. The van der Waals surface area contributed by atoms with Crippen LogP contribution in [0.1, 0.15) is 19.8 Å². The number of para-hydroxylation sites is 2. The van der Waals surface area contributed by atoms with Crippen molar-refractivity contribution in [2.75, 3.05) is 23.6 Å². The standard InChI is InChI=1S/C11H17N3/c1-3-4-9-14-11-8-6-5-7-10(11)13(2)12-14/h5-8,12H,3-4,9H2,1-2H3. The van der Waals surface area contributed by atoms with Gasteiger partial charge in [-0.15, -0.1) is 5.53 Å². The normalized spacial score (nSPS) is 14.7. The SMILES string of the molecule is CCCCN1NN(C)c2ccccc21. The molecule has 14 heavy (non-hydrogen) atoms. The first-order valence-corrected chi connectivity index (χ1v) is 5.19. The molecule has 0 unspecified atom stereocenters. The molecule has 0 bridgehead atoms. The van der Waals surface area contributed by atoms with Crippen LogP contribution in [-0.2, 0) is 0 Å². The zero-order valence-corrected chi connectivity index (χ0v) is 8.83. The molecule has 0 radical (unpaired) electrons. The molecule has 1 heterocycles. The molecule has 3 heteroatoms. The predicted molar refractivity (Wildman–Crippen MR) is 60.2 cm³/mol. The number of hydrogen-bond donors (Lipinski definition) is 1. The molecule has 0 spiro atoms. The third-order valence-electron chi connectivity index (χ3n) is 2.54. The van der Waals surface area contributed by atoms with Crippen molar-refractivity contribution in [2.24, 2.45) is 0 Å².